The van der Waals surface area contributed by atoms with Gasteiger partial charge in [-0.05, 0) is 123 Å². The second-order valence-corrected chi connectivity index (χ2v) is 14.5. The van der Waals surface area contributed by atoms with E-state index in [2.05, 4.69) is 53.7 Å². The summed E-state index contributed by atoms with van der Waals surface area (Å²) in [7, 11) is 0. The third-order valence-corrected chi connectivity index (χ3v) is 11.0. The minimum atomic E-state index is 0.533. The van der Waals surface area contributed by atoms with Crippen molar-refractivity contribution in [3.05, 3.63) is 45.5 Å². The molecule has 2 rings (SSSR count). The number of benzene rings is 2. The van der Waals surface area contributed by atoms with Crippen molar-refractivity contribution in [1.29, 1.82) is 0 Å². The summed E-state index contributed by atoms with van der Waals surface area (Å²) in [6, 6.07) is 4.30. The summed E-state index contributed by atoms with van der Waals surface area (Å²) in [5.41, 5.74) is 7.96. The molecule has 45 heavy (non-hydrogen) atoms. The average molecular weight is 639 g/mol. The Labute approximate surface area is 283 Å². The standard InChI is InChI=1S/C42H70O2S/c1-7-13-19-25-33-31-39(43)35(27-21-15-9-3)37(29-23-17-11-5)41(33)45-42-34(26-20-14-8-2)32-40(44)36(28-22-16-10-4)38(42)30-24-18-12-6/h31-32,43-44H,7-30H2,1-6H3. The maximum absolute atomic E-state index is 11.5. The highest BCUT2D eigenvalue weighted by molar-refractivity contribution is 7.99. The Morgan fingerprint density at radius 1 is 0.378 bits per heavy atom. The number of phenolic OH excluding ortho intramolecular Hbond substituents is 2. The van der Waals surface area contributed by atoms with Crippen molar-refractivity contribution in [2.75, 3.05) is 0 Å². The third-order valence-electron chi connectivity index (χ3n) is 9.53. The Morgan fingerprint density at radius 2 is 0.644 bits per heavy atom. The number of hydrogen-bond acceptors (Lipinski definition) is 3. The van der Waals surface area contributed by atoms with E-state index in [0.717, 1.165) is 64.2 Å². The van der Waals surface area contributed by atoms with E-state index in [0.29, 0.717) is 11.5 Å². The molecule has 0 radical (unpaired) electrons. The van der Waals surface area contributed by atoms with E-state index in [1.165, 1.54) is 133 Å². The van der Waals surface area contributed by atoms with Gasteiger partial charge in [0.15, 0.2) is 0 Å². The highest BCUT2D eigenvalue weighted by Crippen LogP contribution is 2.46. The van der Waals surface area contributed by atoms with Crippen LogP contribution in [-0.4, -0.2) is 10.2 Å². The molecule has 0 heterocycles. The Balaban J connectivity index is 2.84. The van der Waals surface area contributed by atoms with Crippen LogP contribution in [0.5, 0.6) is 11.5 Å². The third kappa shape index (κ3) is 13.2. The van der Waals surface area contributed by atoms with Gasteiger partial charge in [-0.3, -0.25) is 0 Å². The van der Waals surface area contributed by atoms with Gasteiger partial charge in [0.05, 0.1) is 0 Å². The van der Waals surface area contributed by atoms with E-state index >= 15 is 0 Å². The summed E-state index contributed by atoms with van der Waals surface area (Å²) in [5.74, 6) is 1.07. The predicted octanol–water partition coefficient (Wildman–Crippen LogP) is 13.6. The van der Waals surface area contributed by atoms with Gasteiger partial charge in [0.2, 0.25) is 0 Å². The smallest absolute Gasteiger partial charge is 0.119 e. The minimum Gasteiger partial charge on any atom is -0.508 e. The number of hydrogen-bond donors (Lipinski definition) is 2. The minimum absolute atomic E-state index is 0.533. The lowest BCUT2D eigenvalue weighted by Crippen LogP contribution is -2.06. The second-order valence-electron chi connectivity index (χ2n) is 13.5. The molecule has 0 fully saturated rings. The van der Waals surface area contributed by atoms with Gasteiger partial charge in [-0.2, -0.15) is 0 Å². The molecule has 0 aliphatic heterocycles. The largest absolute Gasteiger partial charge is 0.508 e. The molecule has 0 spiro atoms. The summed E-state index contributed by atoms with van der Waals surface area (Å²) in [5, 5.41) is 23.1. The molecule has 0 aliphatic carbocycles. The number of rotatable bonds is 26. The number of phenols is 2. The summed E-state index contributed by atoms with van der Waals surface area (Å²) >= 11 is 2.03. The van der Waals surface area contributed by atoms with E-state index < -0.39 is 0 Å². The molecule has 2 nitrogen and oxygen atoms in total. The SMILES string of the molecule is CCCCCc1cc(O)c(CCCCC)c(CCCCC)c1Sc1c(CCCCC)cc(O)c(CCCCC)c1CCCCC. The Kier molecular flexibility index (Phi) is 20.8. The van der Waals surface area contributed by atoms with Crippen molar-refractivity contribution >= 4 is 11.8 Å². The van der Waals surface area contributed by atoms with Gasteiger partial charge in [-0.25, -0.2) is 0 Å². The molecule has 2 aromatic carbocycles. The van der Waals surface area contributed by atoms with Crippen LogP contribution in [0.4, 0.5) is 0 Å². The van der Waals surface area contributed by atoms with E-state index in [9.17, 15) is 10.2 Å². The van der Waals surface area contributed by atoms with Gasteiger partial charge in [-0.1, -0.05) is 130 Å². The molecule has 256 valence electrons. The fraction of sp³-hybridized carbons (Fsp3) is 0.714. The van der Waals surface area contributed by atoms with Crippen LogP contribution in [0.3, 0.4) is 0 Å². The lowest BCUT2D eigenvalue weighted by Gasteiger charge is -2.25. The normalized spacial score (nSPS) is 11.5. The zero-order valence-electron chi connectivity index (χ0n) is 30.4. The first-order valence-electron chi connectivity index (χ1n) is 19.4. The topological polar surface area (TPSA) is 40.5 Å². The lowest BCUT2D eigenvalue weighted by molar-refractivity contribution is 0.462. The van der Waals surface area contributed by atoms with Crippen LogP contribution in [0, 0.1) is 0 Å². The first kappa shape index (κ1) is 39.6. The Hall–Kier alpha value is -1.61. The van der Waals surface area contributed by atoms with Gasteiger partial charge in [0.1, 0.15) is 11.5 Å². The van der Waals surface area contributed by atoms with Gasteiger partial charge < -0.3 is 10.2 Å². The highest BCUT2D eigenvalue weighted by atomic mass is 32.2. The zero-order chi connectivity index (χ0) is 32.9. The molecule has 2 N–H and O–H groups in total. The maximum atomic E-state index is 11.5. The van der Waals surface area contributed by atoms with Crippen molar-refractivity contribution in [3.63, 3.8) is 0 Å². The van der Waals surface area contributed by atoms with Crippen LogP contribution in [0.2, 0.25) is 0 Å². The van der Waals surface area contributed by atoms with E-state index in [4.69, 9.17) is 0 Å². The average Bonchev–Trinajstić information content (AvgIpc) is 3.02. The van der Waals surface area contributed by atoms with Crippen molar-refractivity contribution in [2.24, 2.45) is 0 Å². The molecule has 0 saturated heterocycles. The molecule has 0 saturated carbocycles. The summed E-state index contributed by atoms with van der Waals surface area (Å²) in [6.07, 6.45) is 27.5. The molecule has 0 atom stereocenters. The molecule has 0 bridgehead atoms. The second kappa shape index (κ2) is 23.7. The maximum Gasteiger partial charge on any atom is 0.119 e. The highest BCUT2D eigenvalue weighted by Gasteiger charge is 2.24. The van der Waals surface area contributed by atoms with Crippen LogP contribution < -0.4 is 0 Å². The zero-order valence-corrected chi connectivity index (χ0v) is 31.2. The van der Waals surface area contributed by atoms with Crippen LogP contribution in [0.25, 0.3) is 0 Å². The van der Waals surface area contributed by atoms with E-state index in [-0.39, 0.29) is 0 Å². The Bertz CT molecular complexity index is 1000. The molecular weight excluding hydrogens is 569 g/mol. The van der Waals surface area contributed by atoms with Crippen molar-refractivity contribution < 1.29 is 10.2 Å². The van der Waals surface area contributed by atoms with Crippen LogP contribution in [0.15, 0.2) is 21.9 Å². The molecular formula is C42H70O2S. The number of aromatic hydroxyl groups is 2. The molecule has 0 aromatic heterocycles. The molecule has 0 unspecified atom stereocenters. The quantitative estimate of drug-likeness (QED) is 0.101. The van der Waals surface area contributed by atoms with Crippen LogP contribution in [0.1, 0.15) is 190 Å². The van der Waals surface area contributed by atoms with Gasteiger partial charge in [0, 0.05) is 9.79 Å². The van der Waals surface area contributed by atoms with Gasteiger partial charge >= 0.3 is 0 Å². The lowest BCUT2D eigenvalue weighted by atomic mass is 9.92. The first-order chi connectivity index (χ1) is 22.0. The monoisotopic (exact) mass is 639 g/mol. The first-order valence-corrected chi connectivity index (χ1v) is 20.2. The molecule has 2 aromatic rings. The summed E-state index contributed by atoms with van der Waals surface area (Å²) in [6.45, 7) is 13.7. The predicted molar refractivity (Wildman–Crippen MR) is 200 cm³/mol. The van der Waals surface area contributed by atoms with E-state index in [1.807, 2.05) is 11.8 Å². The molecule has 0 amide bonds. The van der Waals surface area contributed by atoms with Gasteiger partial charge in [0.25, 0.3) is 0 Å². The van der Waals surface area contributed by atoms with Crippen LogP contribution in [-0.2, 0) is 38.5 Å². The van der Waals surface area contributed by atoms with Crippen LogP contribution >= 0.6 is 11.8 Å². The molecule has 0 aliphatic rings. The van der Waals surface area contributed by atoms with Gasteiger partial charge in [-0.15, -0.1) is 0 Å². The fourth-order valence-corrected chi connectivity index (χ4v) is 8.24. The van der Waals surface area contributed by atoms with Crippen molar-refractivity contribution in [3.8, 4) is 11.5 Å². The number of unbranched alkanes of at least 4 members (excludes halogenated alkanes) is 12. The van der Waals surface area contributed by atoms with E-state index in [1.54, 1.807) is 0 Å². The van der Waals surface area contributed by atoms with Crippen molar-refractivity contribution in [1.82, 2.24) is 0 Å². The Morgan fingerprint density at radius 3 is 0.933 bits per heavy atom. The summed E-state index contributed by atoms with van der Waals surface area (Å²) < 4.78 is 0. The summed E-state index contributed by atoms with van der Waals surface area (Å²) in [4.78, 5) is 2.87. The molecule has 3 heteroatoms. The fourth-order valence-electron chi connectivity index (χ4n) is 6.76. The van der Waals surface area contributed by atoms with Crippen molar-refractivity contribution in [2.45, 2.75) is 205 Å². The number of aryl methyl sites for hydroxylation is 2.